The fourth-order valence-corrected chi connectivity index (χ4v) is 1.49. The molecule has 0 aromatic rings. The molecule has 0 radical (unpaired) electrons. The second-order valence-electron chi connectivity index (χ2n) is 4.19. The van der Waals surface area contributed by atoms with Gasteiger partial charge in [0, 0.05) is 19.0 Å². The van der Waals surface area contributed by atoms with E-state index >= 15 is 0 Å². The third-order valence-electron chi connectivity index (χ3n) is 2.64. The highest BCUT2D eigenvalue weighted by Crippen LogP contribution is 2.13. The first-order valence-electron chi connectivity index (χ1n) is 5.39. The third kappa shape index (κ3) is 6.80. The number of ether oxygens (including phenoxy) is 1. The fourth-order valence-electron chi connectivity index (χ4n) is 1.24. The van der Waals surface area contributed by atoms with Crippen molar-refractivity contribution in [3.8, 4) is 0 Å². The van der Waals surface area contributed by atoms with E-state index in [0.717, 1.165) is 24.8 Å². The van der Waals surface area contributed by atoms with Crippen LogP contribution < -0.4 is 0 Å². The third-order valence-corrected chi connectivity index (χ3v) is 3.20. The molecule has 0 fully saturated rings. The van der Waals surface area contributed by atoms with Gasteiger partial charge in [-0.3, -0.25) is 0 Å². The number of hydrogen-bond acceptors (Lipinski definition) is 2. The van der Waals surface area contributed by atoms with Crippen molar-refractivity contribution in [1.29, 1.82) is 0 Å². The number of rotatable bonds is 8. The molecule has 0 aromatic carbocycles. The molecule has 0 saturated heterocycles. The molecule has 0 rings (SSSR count). The number of methoxy groups -OCH3 is 1. The zero-order chi connectivity index (χ0) is 11.0. The van der Waals surface area contributed by atoms with Crippen LogP contribution in [0.4, 0.5) is 0 Å². The van der Waals surface area contributed by atoms with Crippen LogP contribution in [0.25, 0.3) is 0 Å². The second kappa shape index (κ2) is 7.66. The van der Waals surface area contributed by atoms with Crippen molar-refractivity contribution < 1.29 is 4.74 Å². The normalized spacial score (nSPS) is 12.4. The quantitative estimate of drug-likeness (QED) is 0.626. The Morgan fingerprint density at radius 1 is 1.29 bits per heavy atom. The molecule has 3 heteroatoms. The van der Waals surface area contributed by atoms with Crippen LogP contribution in [-0.4, -0.2) is 42.6 Å². The van der Waals surface area contributed by atoms with Gasteiger partial charge in [0.25, 0.3) is 0 Å². The maximum absolute atomic E-state index is 5.40. The summed E-state index contributed by atoms with van der Waals surface area (Å²) in [5.74, 6) is 0. The Hall–Kier alpha value is 0.400. The van der Waals surface area contributed by atoms with Crippen LogP contribution in [0, 0.1) is 0 Å². The van der Waals surface area contributed by atoms with Gasteiger partial charge in [-0.05, 0) is 39.8 Å². The van der Waals surface area contributed by atoms with E-state index in [-0.39, 0.29) is 5.60 Å². The minimum Gasteiger partial charge on any atom is -0.379 e. The average molecular weight is 266 g/mol. The molecule has 2 nitrogen and oxygen atoms in total. The Kier molecular flexibility index (Phi) is 7.88. The lowest BCUT2D eigenvalue weighted by Crippen LogP contribution is -2.33. The Labute approximate surface area is 97.1 Å². The summed E-state index contributed by atoms with van der Waals surface area (Å²) in [7, 11) is 1.79. The highest BCUT2D eigenvalue weighted by atomic mass is 79.9. The van der Waals surface area contributed by atoms with Crippen molar-refractivity contribution in [2.75, 3.05) is 32.1 Å². The molecule has 0 heterocycles. The van der Waals surface area contributed by atoms with Gasteiger partial charge in [0.1, 0.15) is 0 Å². The van der Waals surface area contributed by atoms with Crippen LogP contribution in [0.1, 0.15) is 33.6 Å². The SMILES string of the molecule is CCN(CCCBr)CCC(C)(C)OC. The molecule has 0 aliphatic rings. The van der Waals surface area contributed by atoms with Crippen LogP contribution in [0.3, 0.4) is 0 Å². The van der Waals surface area contributed by atoms with Crippen LogP contribution in [-0.2, 0) is 4.74 Å². The van der Waals surface area contributed by atoms with Gasteiger partial charge in [0.05, 0.1) is 5.60 Å². The largest absolute Gasteiger partial charge is 0.379 e. The summed E-state index contributed by atoms with van der Waals surface area (Å²) < 4.78 is 5.40. The van der Waals surface area contributed by atoms with Crippen molar-refractivity contribution in [3.05, 3.63) is 0 Å². The fraction of sp³-hybridized carbons (Fsp3) is 1.00. The van der Waals surface area contributed by atoms with E-state index in [1.807, 2.05) is 0 Å². The van der Waals surface area contributed by atoms with Gasteiger partial charge < -0.3 is 9.64 Å². The van der Waals surface area contributed by atoms with E-state index in [1.165, 1.54) is 13.0 Å². The smallest absolute Gasteiger partial charge is 0.0634 e. The molecule has 0 aromatic heterocycles. The Bertz CT molecular complexity index is 139. The number of halogens is 1. The summed E-state index contributed by atoms with van der Waals surface area (Å²) in [5.41, 5.74) is 0.0157. The van der Waals surface area contributed by atoms with Gasteiger partial charge in [-0.25, -0.2) is 0 Å². The molecular weight excluding hydrogens is 242 g/mol. The van der Waals surface area contributed by atoms with Crippen molar-refractivity contribution in [3.63, 3.8) is 0 Å². The molecule has 0 unspecified atom stereocenters. The molecule has 0 saturated carbocycles. The Balaban J connectivity index is 3.71. The molecule has 14 heavy (non-hydrogen) atoms. The highest BCUT2D eigenvalue weighted by Gasteiger charge is 2.17. The Morgan fingerprint density at radius 2 is 1.93 bits per heavy atom. The van der Waals surface area contributed by atoms with Crippen LogP contribution in [0.5, 0.6) is 0 Å². The van der Waals surface area contributed by atoms with E-state index in [0.29, 0.717) is 0 Å². The van der Waals surface area contributed by atoms with Gasteiger partial charge in [0.15, 0.2) is 0 Å². The summed E-state index contributed by atoms with van der Waals surface area (Å²) in [6.45, 7) is 9.95. The van der Waals surface area contributed by atoms with Gasteiger partial charge in [-0.2, -0.15) is 0 Å². The summed E-state index contributed by atoms with van der Waals surface area (Å²) in [5, 5.41) is 1.09. The summed E-state index contributed by atoms with van der Waals surface area (Å²) in [4.78, 5) is 2.47. The van der Waals surface area contributed by atoms with Crippen LogP contribution >= 0.6 is 15.9 Å². The van der Waals surface area contributed by atoms with Gasteiger partial charge in [-0.15, -0.1) is 0 Å². The predicted octanol–water partition coefficient (Wildman–Crippen LogP) is 2.91. The molecule has 0 amide bonds. The van der Waals surface area contributed by atoms with E-state index < -0.39 is 0 Å². The lowest BCUT2D eigenvalue weighted by atomic mass is 10.1. The summed E-state index contributed by atoms with van der Waals surface area (Å²) >= 11 is 3.46. The van der Waals surface area contributed by atoms with Crippen molar-refractivity contribution in [1.82, 2.24) is 4.90 Å². The van der Waals surface area contributed by atoms with Gasteiger partial charge >= 0.3 is 0 Å². The zero-order valence-electron chi connectivity index (χ0n) is 9.98. The molecule has 86 valence electrons. The molecule has 0 aliphatic carbocycles. The lowest BCUT2D eigenvalue weighted by Gasteiger charge is -2.27. The molecule has 0 N–H and O–H groups in total. The van der Waals surface area contributed by atoms with Crippen molar-refractivity contribution >= 4 is 15.9 Å². The number of alkyl halides is 1. The summed E-state index contributed by atoms with van der Waals surface area (Å²) in [6, 6.07) is 0. The number of hydrogen-bond donors (Lipinski definition) is 0. The van der Waals surface area contributed by atoms with Crippen molar-refractivity contribution in [2.24, 2.45) is 0 Å². The average Bonchev–Trinajstić information content (AvgIpc) is 2.18. The zero-order valence-corrected chi connectivity index (χ0v) is 11.6. The minimum atomic E-state index is 0.0157. The van der Waals surface area contributed by atoms with E-state index in [2.05, 4.69) is 41.6 Å². The Morgan fingerprint density at radius 3 is 2.36 bits per heavy atom. The highest BCUT2D eigenvalue weighted by molar-refractivity contribution is 9.09. The maximum Gasteiger partial charge on any atom is 0.0634 e. The summed E-state index contributed by atoms with van der Waals surface area (Å²) in [6.07, 6.45) is 2.32. The van der Waals surface area contributed by atoms with Gasteiger partial charge in [0.2, 0.25) is 0 Å². The van der Waals surface area contributed by atoms with Crippen LogP contribution in [0.2, 0.25) is 0 Å². The number of nitrogens with zero attached hydrogens (tertiary/aromatic N) is 1. The first-order chi connectivity index (χ1) is 6.55. The van der Waals surface area contributed by atoms with Crippen molar-refractivity contribution in [2.45, 2.75) is 39.2 Å². The topological polar surface area (TPSA) is 12.5 Å². The first-order valence-corrected chi connectivity index (χ1v) is 6.51. The predicted molar refractivity (Wildman–Crippen MR) is 66.2 cm³/mol. The van der Waals surface area contributed by atoms with Crippen LogP contribution in [0.15, 0.2) is 0 Å². The van der Waals surface area contributed by atoms with E-state index in [9.17, 15) is 0 Å². The first kappa shape index (κ1) is 14.4. The monoisotopic (exact) mass is 265 g/mol. The molecule has 0 aliphatic heterocycles. The molecular formula is C11H24BrNO. The molecule has 0 bridgehead atoms. The molecule has 0 atom stereocenters. The molecule has 0 spiro atoms. The maximum atomic E-state index is 5.40. The van der Waals surface area contributed by atoms with E-state index in [1.54, 1.807) is 7.11 Å². The van der Waals surface area contributed by atoms with E-state index in [4.69, 9.17) is 4.74 Å². The standard InChI is InChI=1S/C11H24BrNO/c1-5-13(9-6-8-12)10-7-11(2,3)14-4/h5-10H2,1-4H3. The van der Waals surface area contributed by atoms with Gasteiger partial charge in [-0.1, -0.05) is 22.9 Å². The minimum absolute atomic E-state index is 0.0157. The second-order valence-corrected chi connectivity index (χ2v) is 4.98. The lowest BCUT2D eigenvalue weighted by molar-refractivity contribution is 0.00781.